The van der Waals surface area contributed by atoms with Gasteiger partial charge >= 0.3 is 5.97 Å². The van der Waals surface area contributed by atoms with E-state index in [1.807, 2.05) is 0 Å². The van der Waals surface area contributed by atoms with Crippen molar-refractivity contribution in [3.63, 3.8) is 0 Å². The van der Waals surface area contributed by atoms with E-state index < -0.39 is 5.97 Å². The van der Waals surface area contributed by atoms with Gasteiger partial charge in [0.05, 0.1) is 18.4 Å². The zero-order valence-electron chi connectivity index (χ0n) is 9.53. The lowest BCUT2D eigenvalue weighted by Crippen LogP contribution is -2.07. The maximum atomic E-state index is 11.4. The number of esters is 1. The summed E-state index contributed by atoms with van der Waals surface area (Å²) in [6.45, 7) is 2.13. The molecule has 0 aliphatic heterocycles. The maximum Gasteiger partial charge on any atom is 0.340 e. The molecule has 0 saturated carbocycles. The molecule has 88 valence electrons. The molecule has 0 spiro atoms. The standard InChI is InChI=1S/C11H16N2O2S/c1-3-4-7-16-10-9(12)8(5-6-13-10)11(14)15-2/h5-6H,3-4,7,12H2,1-2H3. The number of aromatic nitrogens is 1. The molecule has 0 bridgehead atoms. The van der Waals surface area contributed by atoms with Gasteiger partial charge in [0.15, 0.2) is 0 Å². The van der Waals surface area contributed by atoms with Gasteiger partial charge in [-0.2, -0.15) is 0 Å². The zero-order valence-corrected chi connectivity index (χ0v) is 10.3. The minimum atomic E-state index is -0.419. The van der Waals surface area contributed by atoms with Crippen LogP contribution in [0.2, 0.25) is 0 Å². The van der Waals surface area contributed by atoms with Gasteiger partial charge in [-0.05, 0) is 18.2 Å². The summed E-state index contributed by atoms with van der Waals surface area (Å²) in [5.41, 5.74) is 6.66. The van der Waals surface area contributed by atoms with E-state index in [1.54, 1.807) is 24.0 Å². The molecule has 16 heavy (non-hydrogen) atoms. The maximum absolute atomic E-state index is 11.4. The topological polar surface area (TPSA) is 65.2 Å². The smallest absolute Gasteiger partial charge is 0.340 e. The van der Waals surface area contributed by atoms with Gasteiger partial charge in [-0.1, -0.05) is 13.3 Å². The van der Waals surface area contributed by atoms with Crippen LogP contribution in [0.5, 0.6) is 0 Å². The highest BCUT2D eigenvalue weighted by Gasteiger charge is 2.13. The number of ether oxygens (including phenoxy) is 1. The Labute approximate surface area is 99.6 Å². The molecule has 0 unspecified atom stereocenters. The normalized spacial score (nSPS) is 10.1. The van der Waals surface area contributed by atoms with E-state index in [1.165, 1.54) is 7.11 Å². The van der Waals surface area contributed by atoms with E-state index in [4.69, 9.17) is 5.73 Å². The average molecular weight is 240 g/mol. The van der Waals surface area contributed by atoms with E-state index in [-0.39, 0.29) is 0 Å². The fourth-order valence-electron chi connectivity index (χ4n) is 1.17. The third kappa shape index (κ3) is 3.13. The van der Waals surface area contributed by atoms with Crippen molar-refractivity contribution in [3.8, 4) is 0 Å². The first kappa shape index (κ1) is 12.8. The third-order valence-corrected chi connectivity index (χ3v) is 3.19. The Hall–Kier alpha value is -1.23. The first-order chi connectivity index (χ1) is 7.70. The number of methoxy groups -OCH3 is 1. The highest BCUT2D eigenvalue weighted by Crippen LogP contribution is 2.26. The fourth-order valence-corrected chi connectivity index (χ4v) is 2.20. The van der Waals surface area contributed by atoms with Crippen molar-refractivity contribution in [1.29, 1.82) is 0 Å². The molecule has 2 N–H and O–H groups in total. The Morgan fingerprint density at radius 2 is 2.38 bits per heavy atom. The van der Waals surface area contributed by atoms with Crippen LogP contribution in [-0.2, 0) is 4.74 Å². The minimum absolute atomic E-state index is 0.386. The molecule has 0 radical (unpaired) electrons. The molecular formula is C11H16N2O2S. The molecule has 1 heterocycles. The first-order valence-electron chi connectivity index (χ1n) is 5.16. The van der Waals surface area contributed by atoms with Crippen LogP contribution in [0, 0.1) is 0 Å². The van der Waals surface area contributed by atoms with Gasteiger partial charge < -0.3 is 10.5 Å². The molecule has 0 amide bonds. The van der Waals surface area contributed by atoms with Crippen LogP contribution in [0.25, 0.3) is 0 Å². The van der Waals surface area contributed by atoms with Crippen LogP contribution in [0.1, 0.15) is 30.1 Å². The van der Waals surface area contributed by atoms with Crippen LogP contribution in [0.3, 0.4) is 0 Å². The summed E-state index contributed by atoms with van der Waals surface area (Å²) in [7, 11) is 1.34. The Morgan fingerprint density at radius 1 is 1.62 bits per heavy atom. The summed E-state index contributed by atoms with van der Waals surface area (Å²) >= 11 is 1.57. The van der Waals surface area contributed by atoms with Crippen LogP contribution in [0.4, 0.5) is 5.69 Å². The summed E-state index contributed by atoms with van der Waals surface area (Å²) in [5, 5.41) is 0.705. The predicted octanol–water partition coefficient (Wildman–Crippen LogP) is 2.34. The fraction of sp³-hybridized carbons (Fsp3) is 0.455. The number of rotatable bonds is 5. The molecule has 0 saturated heterocycles. The van der Waals surface area contributed by atoms with Crippen molar-refractivity contribution in [1.82, 2.24) is 4.98 Å². The summed E-state index contributed by atoms with van der Waals surface area (Å²) in [6, 6.07) is 1.57. The lowest BCUT2D eigenvalue weighted by Gasteiger charge is -2.07. The number of nitrogens with two attached hydrogens (primary N) is 1. The summed E-state index contributed by atoms with van der Waals surface area (Å²) < 4.78 is 4.64. The molecule has 0 aliphatic carbocycles. The molecule has 0 atom stereocenters. The van der Waals surface area contributed by atoms with E-state index in [2.05, 4.69) is 16.6 Å². The molecular weight excluding hydrogens is 224 g/mol. The first-order valence-corrected chi connectivity index (χ1v) is 6.14. The quantitative estimate of drug-likeness (QED) is 0.486. The number of unbranched alkanes of at least 4 members (excludes halogenated alkanes) is 1. The molecule has 0 aromatic carbocycles. The lowest BCUT2D eigenvalue weighted by atomic mass is 10.2. The summed E-state index contributed by atoms with van der Waals surface area (Å²) in [5.74, 6) is 0.537. The monoisotopic (exact) mass is 240 g/mol. The Morgan fingerprint density at radius 3 is 3.00 bits per heavy atom. The highest BCUT2D eigenvalue weighted by atomic mass is 32.2. The SMILES string of the molecule is CCCCSc1nccc(C(=O)OC)c1N. The molecule has 0 fully saturated rings. The van der Waals surface area contributed by atoms with Gasteiger partial charge in [0.1, 0.15) is 5.03 Å². The number of hydrogen-bond acceptors (Lipinski definition) is 5. The number of thioether (sulfide) groups is 1. The van der Waals surface area contributed by atoms with E-state index in [0.717, 1.165) is 18.6 Å². The van der Waals surface area contributed by atoms with Gasteiger partial charge in [-0.15, -0.1) is 11.8 Å². The lowest BCUT2D eigenvalue weighted by molar-refractivity contribution is 0.0601. The summed E-state index contributed by atoms with van der Waals surface area (Å²) in [4.78, 5) is 15.5. The van der Waals surface area contributed by atoms with Gasteiger partial charge in [-0.25, -0.2) is 9.78 Å². The van der Waals surface area contributed by atoms with E-state index in [9.17, 15) is 4.79 Å². The number of carbonyl (C=O) groups is 1. The second-order valence-electron chi connectivity index (χ2n) is 3.27. The second-order valence-corrected chi connectivity index (χ2v) is 4.35. The second kappa shape index (κ2) is 6.37. The number of nitrogens with zero attached hydrogens (tertiary/aromatic N) is 1. The molecule has 1 rings (SSSR count). The van der Waals surface area contributed by atoms with Crippen molar-refractivity contribution in [3.05, 3.63) is 17.8 Å². The minimum Gasteiger partial charge on any atom is -0.465 e. The number of hydrogen-bond donors (Lipinski definition) is 1. The molecule has 0 aliphatic rings. The molecule has 1 aromatic heterocycles. The average Bonchev–Trinajstić information content (AvgIpc) is 2.30. The number of anilines is 1. The van der Waals surface area contributed by atoms with Gasteiger partial charge in [-0.3, -0.25) is 0 Å². The van der Waals surface area contributed by atoms with Crippen LogP contribution in [-0.4, -0.2) is 23.8 Å². The Kier molecular flexibility index (Phi) is 5.11. The summed E-state index contributed by atoms with van der Waals surface area (Å²) in [6.07, 6.45) is 3.81. The number of carbonyl (C=O) groups excluding carboxylic acids is 1. The van der Waals surface area contributed by atoms with E-state index >= 15 is 0 Å². The zero-order chi connectivity index (χ0) is 12.0. The number of pyridine rings is 1. The van der Waals surface area contributed by atoms with Gasteiger partial charge in [0.25, 0.3) is 0 Å². The van der Waals surface area contributed by atoms with Crippen LogP contribution >= 0.6 is 11.8 Å². The van der Waals surface area contributed by atoms with Crippen molar-refractivity contribution in [2.24, 2.45) is 0 Å². The Balaban J connectivity index is 2.82. The number of nitrogen functional groups attached to an aromatic ring is 1. The largest absolute Gasteiger partial charge is 0.465 e. The van der Waals surface area contributed by atoms with Crippen molar-refractivity contribution in [2.45, 2.75) is 24.8 Å². The van der Waals surface area contributed by atoms with Crippen molar-refractivity contribution >= 4 is 23.4 Å². The highest BCUT2D eigenvalue weighted by molar-refractivity contribution is 7.99. The van der Waals surface area contributed by atoms with E-state index in [0.29, 0.717) is 16.3 Å². The molecule has 4 nitrogen and oxygen atoms in total. The van der Waals surface area contributed by atoms with Crippen LogP contribution < -0.4 is 5.73 Å². The van der Waals surface area contributed by atoms with Crippen LogP contribution in [0.15, 0.2) is 17.3 Å². The molecule has 5 heteroatoms. The van der Waals surface area contributed by atoms with Crippen molar-refractivity contribution in [2.75, 3.05) is 18.6 Å². The van der Waals surface area contributed by atoms with Gasteiger partial charge in [0.2, 0.25) is 0 Å². The van der Waals surface area contributed by atoms with Crippen molar-refractivity contribution < 1.29 is 9.53 Å². The third-order valence-electron chi connectivity index (χ3n) is 2.10. The predicted molar refractivity (Wildman–Crippen MR) is 65.6 cm³/mol. The Bertz CT molecular complexity index is 369. The van der Waals surface area contributed by atoms with Gasteiger partial charge in [0, 0.05) is 6.20 Å². The molecule has 1 aromatic rings.